The molecule has 72 valence electrons. The van der Waals surface area contributed by atoms with Crippen LogP contribution in [0.1, 0.15) is 6.92 Å². The van der Waals surface area contributed by atoms with Crippen LogP contribution in [0, 0.1) is 0 Å². The summed E-state index contributed by atoms with van der Waals surface area (Å²) in [5, 5.41) is 0.715. The Morgan fingerprint density at radius 1 is 1.31 bits per heavy atom. The van der Waals surface area contributed by atoms with Gasteiger partial charge in [0.25, 0.3) is 0 Å². The second-order valence-electron chi connectivity index (χ2n) is 2.84. The lowest BCUT2D eigenvalue weighted by Gasteiger charge is -2.13. The molecule has 1 aromatic carbocycles. The highest BCUT2D eigenvalue weighted by Crippen LogP contribution is 2.16. The first-order valence-corrected chi connectivity index (χ1v) is 4.51. The molecule has 0 amide bonds. The number of hydrogen-bond acceptors (Lipinski definition) is 2. The monoisotopic (exact) mass is 200 g/mol. The molecule has 0 saturated heterocycles. The molecule has 1 unspecified atom stereocenters. The Balaban J connectivity index is 2.49. The lowest BCUT2D eigenvalue weighted by Crippen LogP contribution is -2.17. The molecule has 0 aliphatic rings. The van der Waals surface area contributed by atoms with E-state index in [0.29, 0.717) is 11.6 Å². The number of benzene rings is 1. The van der Waals surface area contributed by atoms with Crippen LogP contribution in [0.5, 0.6) is 5.75 Å². The van der Waals surface area contributed by atoms with Crippen molar-refractivity contribution < 1.29 is 9.47 Å². The summed E-state index contributed by atoms with van der Waals surface area (Å²) in [6.07, 6.45) is 0.0613. The van der Waals surface area contributed by atoms with E-state index in [2.05, 4.69) is 0 Å². The first-order valence-electron chi connectivity index (χ1n) is 4.13. The highest BCUT2D eigenvalue weighted by Gasteiger charge is 2.02. The number of rotatable bonds is 4. The normalized spacial score (nSPS) is 12.5. The van der Waals surface area contributed by atoms with Gasteiger partial charge >= 0.3 is 0 Å². The molecule has 0 aliphatic heterocycles. The molecule has 1 atom stereocenters. The van der Waals surface area contributed by atoms with Crippen molar-refractivity contribution in [2.75, 3.05) is 13.7 Å². The lowest BCUT2D eigenvalue weighted by molar-refractivity contribution is 0.0921. The Morgan fingerprint density at radius 2 is 1.92 bits per heavy atom. The first-order chi connectivity index (χ1) is 6.22. The zero-order valence-corrected chi connectivity index (χ0v) is 8.54. The second-order valence-corrected chi connectivity index (χ2v) is 3.27. The summed E-state index contributed by atoms with van der Waals surface area (Å²) in [5.74, 6) is 0.814. The molecule has 0 fully saturated rings. The number of halogens is 1. The summed E-state index contributed by atoms with van der Waals surface area (Å²) < 4.78 is 10.5. The van der Waals surface area contributed by atoms with Gasteiger partial charge in [-0.15, -0.1) is 0 Å². The van der Waals surface area contributed by atoms with Crippen LogP contribution in [0.2, 0.25) is 5.02 Å². The summed E-state index contributed by atoms with van der Waals surface area (Å²) in [5.41, 5.74) is 0. The average molecular weight is 201 g/mol. The second kappa shape index (κ2) is 5.10. The maximum Gasteiger partial charge on any atom is 0.119 e. The van der Waals surface area contributed by atoms with Crippen LogP contribution in [-0.2, 0) is 4.74 Å². The van der Waals surface area contributed by atoms with Gasteiger partial charge in [0.1, 0.15) is 11.9 Å². The van der Waals surface area contributed by atoms with E-state index in [-0.39, 0.29) is 6.10 Å². The summed E-state index contributed by atoms with van der Waals surface area (Å²) >= 11 is 5.73. The Morgan fingerprint density at radius 3 is 2.46 bits per heavy atom. The van der Waals surface area contributed by atoms with E-state index in [4.69, 9.17) is 21.1 Å². The third-order valence-electron chi connectivity index (χ3n) is 1.55. The molecule has 1 rings (SSSR count). The topological polar surface area (TPSA) is 18.5 Å². The summed E-state index contributed by atoms with van der Waals surface area (Å²) in [6.45, 7) is 2.54. The van der Waals surface area contributed by atoms with Crippen molar-refractivity contribution in [2.45, 2.75) is 13.0 Å². The van der Waals surface area contributed by atoms with Gasteiger partial charge in [-0.05, 0) is 31.2 Å². The van der Waals surface area contributed by atoms with Gasteiger partial charge in [0.2, 0.25) is 0 Å². The Hall–Kier alpha value is -0.730. The van der Waals surface area contributed by atoms with Crippen LogP contribution in [0.15, 0.2) is 24.3 Å². The van der Waals surface area contributed by atoms with E-state index in [9.17, 15) is 0 Å². The largest absolute Gasteiger partial charge is 0.488 e. The van der Waals surface area contributed by atoms with Crippen LogP contribution in [0.25, 0.3) is 0 Å². The molecule has 0 N–H and O–H groups in total. The molecule has 13 heavy (non-hydrogen) atoms. The Labute approximate surface area is 83.4 Å². The van der Waals surface area contributed by atoms with Crippen LogP contribution < -0.4 is 4.74 Å². The van der Waals surface area contributed by atoms with E-state index in [1.54, 1.807) is 19.2 Å². The Kier molecular flexibility index (Phi) is 4.06. The number of ether oxygens (including phenoxy) is 2. The van der Waals surface area contributed by atoms with Crippen molar-refractivity contribution in [1.82, 2.24) is 0 Å². The third kappa shape index (κ3) is 3.66. The predicted octanol–water partition coefficient (Wildman–Crippen LogP) is 2.75. The van der Waals surface area contributed by atoms with E-state index in [0.717, 1.165) is 5.75 Å². The molecule has 2 nitrogen and oxygen atoms in total. The first kappa shape index (κ1) is 10.4. The fourth-order valence-corrected chi connectivity index (χ4v) is 1.14. The van der Waals surface area contributed by atoms with Gasteiger partial charge in [-0.1, -0.05) is 11.6 Å². The van der Waals surface area contributed by atoms with Crippen molar-refractivity contribution in [3.05, 3.63) is 29.3 Å². The standard InChI is InChI=1S/C10H13ClO2/c1-8(7-12-2)13-10-5-3-9(11)4-6-10/h3-6,8H,7H2,1-2H3. The maximum atomic E-state index is 5.73. The van der Waals surface area contributed by atoms with Crippen molar-refractivity contribution >= 4 is 11.6 Å². The summed E-state index contributed by atoms with van der Waals surface area (Å²) in [4.78, 5) is 0. The van der Waals surface area contributed by atoms with Gasteiger partial charge in [0.05, 0.1) is 6.61 Å². The van der Waals surface area contributed by atoms with Crippen LogP contribution in [0.4, 0.5) is 0 Å². The SMILES string of the molecule is COCC(C)Oc1ccc(Cl)cc1. The van der Waals surface area contributed by atoms with Gasteiger partial charge in [-0.3, -0.25) is 0 Å². The van der Waals surface area contributed by atoms with Gasteiger partial charge in [0.15, 0.2) is 0 Å². The van der Waals surface area contributed by atoms with Crippen LogP contribution >= 0.6 is 11.6 Å². The van der Waals surface area contributed by atoms with Gasteiger partial charge in [0, 0.05) is 12.1 Å². The zero-order valence-electron chi connectivity index (χ0n) is 7.79. The molecular weight excluding hydrogens is 188 g/mol. The molecule has 0 saturated carbocycles. The van der Waals surface area contributed by atoms with E-state index >= 15 is 0 Å². The van der Waals surface area contributed by atoms with Crippen LogP contribution in [0.3, 0.4) is 0 Å². The van der Waals surface area contributed by atoms with Gasteiger partial charge in [-0.2, -0.15) is 0 Å². The minimum Gasteiger partial charge on any atom is -0.488 e. The average Bonchev–Trinajstić information content (AvgIpc) is 2.09. The fourth-order valence-electron chi connectivity index (χ4n) is 1.01. The van der Waals surface area contributed by atoms with Crippen molar-refractivity contribution in [3.63, 3.8) is 0 Å². The predicted molar refractivity (Wildman–Crippen MR) is 53.4 cm³/mol. The highest BCUT2D eigenvalue weighted by atomic mass is 35.5. The van der Waals surface area contributed by atoms with E-state index in [1.807, 2.05) is 19.1 Å². The Bertz CT molecular complexity index is 246. The third-order valence-corrected chi connectivity index (χ3v) is 1.80. The van der Waals surface area contributed by atoms with Gasteiger partial charge < -0.3 is 9.47 Å². The molecule has 1 aromatic rings. The molecule has 0 aromatic heterocycles. The highest BCUT2D eigenvalue weighted by molar-refractivity contribution is 6.30. The molecule has 3 heteroatoms. The number of methoxy groups -OCH3 is 1. The van der Waals surface area contributed by atoms with Crippen molar-refractivity contribution in [1.29, 1.82) is 0 Å². The van der Waals surface area contributed by atoms with Crippen LogP contribution in [-0.4, -0.2) is 19.8 Å². The van der Waals surface area contributed by atoms with Gasteiger partial charge in [-0.25, -0.2) is 0 Å². The smallest absolute Gasteiger partial charge is 0.119 e. The van der Waals surface area contributed by atoms with E-state index in [1.165, 1.54) is 0 Å². The molecule has 0 aliphatic carbocycles. The maximum absolute atomic E-state index is 5.73. The lowest BCUT2D eigenvalue weighted by atomic mass is 10.3. The number of hydrogen-bond donors (Lipinski definition) is 0. The zero-order chi connectivity index (χ0) is 9.68. The molecular formula is C10H13ClO2. The molecule has 0 radical (unpaired) electrons. The quantitative estimate of drug-likeness (QED) is 0.744. The van der Waals surface area contributed by atoms with Crippen molar-refractivity contribution in [2.24, 2.45) is 0 Å². The minimum atomic E-state index is 0.0613. The molecule has 0 spiro atoms. The van der Waals surface area contributed by atoms with Crippen molar-refractivity contribution in [3.8, 4) is 5.75 Å². The molecule has 0 heterocycles. The molecule has 0 bridgehead atoms. The minimum absolute atomic E-state index is 0.0613. The fraction of sp³-hybridized carbons (Fsp3) is 0.400. The van der Waals surface area contributed by atoms with E-state index < -0.39 is 0 Å². The summed E-state index contributed by atoms with van der Waals surface area (Å²) in [6, 6.07) is 7.29. The summed E-state index contributed by atoms with van der Waals surface area (Å²) in [7, 11) is 1.65.